The first-order valence-corrected chi connectivity index (χ1v) is 5.28. The third-order valence-corrected chi connectivity index (χ3v) is 2.38. The van der Waals surface area contributed by atoms with Crippen LogP contribution in [0.3, 0.4) is 0 Å². The Hall–Kier alpha value is -1.06. The van der Waals surface area contributed by atoms with Crippen LogP contribution in [-0.4, -0.2) is 32.1 Å². The molecule has 0 atom stereocenters. The quantitative estimate of drug-likeness (QED) is 0.769. The van der Waals surface area contributed by atoms with Crippen molar-refractivity contribution in [2.75, 3.05) is 27.2 Å². The van der Waals surface area contributed by atoms with Crippen LogP contribution in [0.4, 0.5) is 0 Å². The van der Waals surface area contributed by atoms with Crippen LogP contribution < -0.4 is 10.5 Å². The molecule has 0 radical (unpaired) electrons. The molecule has 84 valence electrons. The molecule has 2 N–H and O–H groups in total. The summed E-state index contributed by atoms with van der Waals surface area (Å²) in [6.45, 7) is 2.68. The number of nitrogens with two attached hydrogens (primary N) is 1. The molecule has 0 fully saturated rings. The van der Waals surface area contributed by atoms with Crippen molar-refractivity contribution in [1.82, 2.24) is 4.90 Å². The average molecular weight is 208 g/mol. The maximum atomic E-state index is 5.47. The summed E-state index contributed by atoms with van der Waals surface area (Å²) in [4.78, 5) is 2.25. The minimum absolute atomic E-state index is 0.746. The number of ether oxygens (including phenoxy) is 1. The molecule has 0 amide bonds. The van der Waals surface area contributed by atoms with Crippen molar-refractivity contribution in [2.45, 2.75) is 13.0 Å². The summed E-state index contributed by atoms with van der Waals surface area (Å²) >= 11 is 0. The smallest absolute Gasteiger partial charge is 0.123 e. The van der Waals surface area contributed by atoms with Crippen LogP contribution in [0.2, 0.25) is 0 Å². The van der Waals surface area contributed by atoms with Gasteiger partial charge in [-0.2, -0.15) is 0 Å². The van der Waals surface area contributed by atoms with Gasteiger partial charge in [-0.3, -0.25) is 0 Å². The van der Waals surface area contributed by atoms with Crippen molar-refractivity contribution in [3.63, 3.8) is 0 Å². The van der Waals surface area contributed by atoms with E-state index in [9.17, 15) is 0 Å². The fourth-order valence-electron chi connectivity index (χ4n) is 1.56. The fourth-order valence-corrected chi connectivity index (χ4v) is 1.56. The average Bonchev–Trinajstić information content (AvgIpc) is 2.27. The molecule has 15 heavy (non-hydrogen) atoms. The van der Waals surface area contributed by atoms with Crippen molar-refractivity contribution in [1.29, 1.82) is 0 Å². The van der Waals surface area contributed by atoms with Gasteiger partial charge in [-0.15, -0.1) is 0 Å². The lowest BCUT2D eigenvalue weighted by Gasteiger charge is -2.17. The van der Waals surface area contributed by atoms with E-state index in [1.807, 2.05) is 18.2 Å². The number of hydrogen-bond donors (Lipinski definition) is 1. The molecule has 0 heterocycles. The predicted octanol–water partition coefficient (Wildman–Crippen LogP) is 1.48. The first-order valence-electron chi connectivity index (χ1n) is 5.28. The number of methoxy groups -OCH3 is 1. The fraction of sp³-hybridized carbons (Fsp3) is 0.500. The molecule has 0 spiro atoms. The van der Waals surface area contributed by atoms with Gasteiger partial charge in [0.25, 0.3) is 0 Å². The van der Waals surface area contributed by atoms with E-state index < -0.39 is 0 Å². The molecule has 0 unspecified atom stereocenters. The molecular weight excluding hydrogens is 188 g/mol. The van der Waals surface area contributed by atoms with Gasteiger partial charge < -0.3 is 15.4 Å². The van der Waals surface area contributed by atoms with Crippen LogP contribution in [0.5, 0.6) is 5.75 Å². The van der Waals surface area contributed by atoms with Crippen LogP contribution in [0.15, 0.2) is 24.3 Å². The van der Waals surface area contributed by atoms with Crippen LogP contribution >= 0.6 is 0 Å². The Balaban J connectivity index is 2.55. The number of rotatable bonds is 6. The van der Waals surface area contributed by atoms with Gasteiger partial charge in [0.05, 0.1) is 7.11 Å². The summed E-state index contributed by atoms with van der Waals surface area (Å²) in [7, 11) is 3.81. The van der Waals surface area contributed by atoms with Crippen LogP contribution in [0, 0.1) is 0 Å². The van der Waals surface area contributed by atoms with E-state index >= 15 is 0 Å². The Morgan fingerprint density at radius 3 is 2.73 bits per heavy atom. The van der Waals surface area contributed by atoms with Crippen LogP contribution in [-0.2, 0) is 6.54 Å². The Labute approximate surface area is 91.8 Å². The summed E-state index contributed by atoms with van der Waals surface area (Å²) in [6.07, 6.45) is 1.03. The normalized spacial score (nSPS) is 10.7. The maximum Gasteiger partial charge on any atom is 0.123 e. The standard InChI is InChI=1S/C12H20N2O/c1-14(9-5-8-13)10-11-6-3-4-7-12(11)15-2/h3-4,6-7H,5,8-10,13H2,1-2H3. The highest BCUT2D eigenvalue weighted by molar-refractivity contribution is 5.32. The summed E-state index contributed by atoms with van der Waals surface area (Å²) in [5, 5.41) is 0. The Kier molecular flexibility index (Phi) is 5.15. The Morgan fingerprint density at radius 2 is 2.07 bits per heavy atom. The van der Waals surface area contributed by atoms with Gasteiger partial charge in [0.2, 0.25) is 0 Å². The predicted molar refractivity (Wildman–Crippen MR) is 63.0 cm³/mol. The summed E-state index contributed by atoms with van der Waals surface area (Å²) < 4.78 is 5.30. The highest BCUT2D eigenvalue weighted by Gasteiger charge is 2.04. The zero-order valence-electron chi connectivity index (χ0n) is 9.57. The van der Waals surface area contributed by atoms with E-state index in [1.165, 1.54) is 5.56 Å². The summed E-state index contributed by atoms with van der Waals surface area (Å²) in [6, 6.07) is 8.11. The number of hydrogen-bond acceptors (Lipinski definition) is 3. The first-order chi connectivity index (χ1) is 7.27. The largest absolute Gasteiger partial charge is 0.496 e. The van der Waals surface area contributed by atoms with E-state index in [4.69, 9.17) is 10.5 Å². The topological polar surface area (TPSA) is 38.5 Å². The van der Waals surface area contributed by atoms with Crippen molar-refractivity contribution in [2.24, 2.45) is 5.73 Å². The molecule has 0 aliphatic rings. The lowest BCUT2D eigenvalue weighted by atomic mass is 10.2. The second-order valence-corrected chi connectivity index (χ2v) is 3.69. The minimum atomic E-state index is 0.746. The number of nitrogens with zero attached hydrogens (tertiary/aromatic N) is 1. The van der Waals surface area contributed by atoms with Gasteiger partial charge in [-0.25, -0.2) is 0 Å². The molecule has 0 aliphatic carbocycles. The lowest BCUT2D eigenvalue weighted by molar-refractivity contribution is 0.315. The molecule has 1 aromatic carbocycles. The van der Waals surface area contributed by atoms with Crippen LogP contribution in [0.25, 0.3) is 0 Å². The molecular formula is C12H20N2O. The maximum absolute atomic E-state index is 5.47. The molecule has 1 aromatic rings. The highest BCUT2D eigenvalue weighted by Crippen LogP contribution is 2.18. The zero-order chi connectivity index (χ0) is 11.1. The number of para-hydroxylation sites is 1. The van der Waals surface area contributed by atoms with Gasteiger partial charge in [0.15, 0.2) is 0 Å². The lowest BCUT2D eigenvalue weighted by Crippen LogP contribution is -2.21. The van der Waals surface area contributed by atoms with E-state index in [2.05, 4.69) is 18.0 Å². The third kappa shape index (κ3) is 3.90. The van der Waals surface area contributed by atoms with Gasteiger partial charge in [0, 0.05) is 12.1 Å². The zero-order valence-corrected chi connectivity index (χ0v) is 9.57. The van der Waals surface area contributed by atoms with E-state index in [0.29, 0.717) is 0 Å². The highest BCUT2D eigenvalue weighted by atomic mass is 16.5. The monoisotopic (exact) mass is 208 g/mol. The molecule has 0 bridgehead atoms. The molecule has 0 aliphatic heterocycles. The van der Waals surface area contributed by atoms with Crippen molar-refractivity contribution >= 4 is 0 Å². The summed E-state index contributed by atoms with van der Waals surface area (Å²) in [5.41, 5.74) is 6.70. The second-order valence-electron chi connectivity index (χ2n) is 3.69. The van der Waals surface area contributed by atoms with E-state index in [1.54, 1.807) is 7.11 Å². The molecule has 3 nitrogen and oxygen atoms in total. The van der Waals surface area contributed by atoms with Gasteiger partial charge in [-0.1, -0.05) is 18.2 Å². The second kappa shape index (κ2) is 6.43. The first kappa shape index (κ1) is 12.0. The van der Waals surface area contributed by atoms with Gasteiger partial charge in [-0.05, 0) is 32.6 Å². The number of benzene rings is 1. The van der Waals surface area contributed by atoms with Crippen molar-refractivity contribution in [3.05, 3.63) is 29.8 Å². The minimum Gasteiger partial charge on any atom is -0.496 e. The third-order valence-electron chi connectivity index (χ3n) is 2.38. The summed E-state index contributed by atoms with van der Waals surface area (Å²) in [5.74, 6) is 0.956. The molecule has 3 heteroatoms. The Bertz CT molecular complexity index is 289. The SMILES string of the molecule is COc1ccccc1CN(C)CCCN. The van der Waals surface area contributed by atoms with Crippen molar-refractivity contribution in [3.8, 4) is 5.75 Å². The Morgan fingerprint density at radius 1 is 1.33 bits per heavy atom. The van der Waals surface area contributed by atoms with E-state index in [0.717, 1.165) is 31.8 Å². The van der Waals surface area contributed by atoms with E-state index in [-0.39, 0.29) is 0 Å². The molecule has 0 aromatic heterocycles. The van der Waals surface area contributed by atoms with Crippen LogP contribution in [0.1, 0.15) is 12.0 Å². The van der Waals surface area contributed by atoms with Crippen molar-refractivity contribution < 1.29 is 4.74 Å². The van der Waals surface area contributed by atoms with Gasteiger partial charge in [0.1, 0.15) is 5.75 Å². The molecule has 0 saturated heterocycles. The van der Waals surface area contributed by atoms with Gasteiger partial charge >= 0.3 is 0 Å². The molecule has 1 rings (SSSR count). The molecule has 0 saturated carbocycles.